The predicted octanol–water partition coefficient (Wildman–Crippen LogP) is 9.61. The number of benzene rings is 6. The summed E-state index contributed by atoms with van der Waals surface area (Å²) >= 11 is 6.43. The van der Waals surface area contributed by atoms with Gasteiger partial charge in [0.05, 0.1) is 61.7 Å². The molecule has 11 N–H and O–H groups in total. The molecule has 9 aromatic rings. The number of carbonyl (C=O) groups excluding carboxylic acids is 6. The van der Waals surface area contributed by atoms with Crippen LogP contribution in [0.4, 0.5) is 8.78 Å². The number of aromatic nitrogens is 3. The monoisotopic (exact) mass is 1450 g/mol. The van der Waals surface area contributed by atoms with Crippen molar-refractivity contribution in [3.63, 3.8) is 0 Å². The molecule has 5 fully saturated rings. The number of rotatable bonds is 23. The average molecular weight is 1450 g/mol. The fourth-order valence-electron chi connectivity index (χ4n) is 14.9. The van der Waals surface area contributed by atoms with Gasteiger partial charge < -0.3 is 40.6 Å². The van der Waals surface area contributed by atoms with Crippen LogP contribution in [-0.2, 0) is 80.7 Å². The number of likely N-dealkylation sites (tertiary alicyclic amines) is 2. The van der Waals surface area contributed by atoms with E-state index in [2.05, 4.69) is 15.0 Å². The third-order valence-corrected chi connectivity index (χ3v) is 21.2. The van der Waals surface area contributed by atoms with Gasteiger partial charge in [-0.3, -0.25) is 59.3 Å². The van der Waals surface area contributed by atoms with Gasteiger partial charge in [-0.2, -0.15) is 0 Å². The Kier molecular flexibility index (Phi) is 22.4. The first-order valence-electron chi connectivity index (χ1n) is 35.0. The minimum absolute atomic E-state index is 0.0891. The molecule has 23 nitrogen and oxygen atoms in total. The maximum atomic E-state index is 15.1. The molecule has 548 valence electrons. The summed E-state index contributed by atoms with van der Waals surface area (Å²) in [7, 11) is 0. The molecule has 3 aliphatic carbocycles. The molecule has 105 heavy (non-hydrogen) atoms. The number of hydrogen-bond acceptors (Lipinski definition) is 17. The SMILES string of the molecule is CCc1cc(COc2ccc(C[C@]3(C(=O)N4CC[C@@H](N)C4)C[C@@H]3C(=O)NO)cc2F)c2ccccc2n1.CCc1cc(COc2ccc(C[C@]3(C(=O)N4CC[C@H](O)C4)C[C@@H]3C(=O)NO)cc2F)c2ccccc2n1.Cc1cc(COc2ccc(C[C@]3(C(N)=O)C[C@@H]3C(=O)NO)cc2Cl)c2ccccc2n1. The number of amides is 6. The molecule has 3 saturated carbocycles. The second-order valence-electron chi connectivity index (χ2n) is 27.9. The van der Waals surface area contributed by atoms with Crippen LogP contribution in [0.5, 0.6) is 17.2 Å². The van der Waals surface area contributed by atoms with Gasteiger partial charge in [0, 0.05) is 82.2 Å². The van der Waals surface area contributed by atoms with Crippen molar-refractivity contribution in [2.75, 3.05) is 26.2 Å². The van der Waals surface area contributed by atoms with E-state index < -0.39 is 75.4 Å². The Labute approximate surface area is 609 Å². The van der Waals surface area contributed by atoms with Crippen LogP contribution in [0.25, 0.3) is 32.7 Å². The lowest BCUT2D eigenvalue weighted by atomic mass is 9.91. The van der Waals surface area contributed by atoms with E-state index in [0.29, 0.717) is 73.8 Å². The van der Waals surface area contributed by atoms with Gasteiger partial charge in [0.15, 0.2) is 23.1 Å². The van der Waals surface area contributed by atoms with Crippen molar-refractivity contribution >= 4 is 79.8 Å². The Morgan fingerprint density at radius 3 is 1.33 bits per heavy atom. The van der Waals surface area contributed by atoms with Crippen molar-refractivity contribution in [3.05, 3.63) is 213 Å². The number of aliphatic hydroxyl groups is 1. The van der Waals surface area contributed by atoms with E-state index >= 15 is 8.78 Å². The van der Waals surface area contributed by atoms with Crippen LogP contribution < -0.4 is 42.1 Å². The van der Waals surface area contributed by atoms with Crippen molar-refractivity contribution in [2.24, 2.45) is 45.5 Å². The second-order valence-corrected chi connectivity index (χ2v) is 28.3. The first-order chi connectivity index (χ1) is 50.5. The van der Waals surface area contributed by atoms with Gasteiger partial charge in [-0.1, -0.05) is 98.2 Å². The van der Waals surface area contributed by atoms with Crippen LogP contribution in [0.1, 0.15) is 96.4 Å². The van der Waals surface area contributed by atoms with Crippen molar-refractivity contribution in [1.29, 1.82) is 0 Å². The van der Waals surface area contributed by atoms with Crippen LogP contribution in [0.15, 0.2) is 146 Å². The lowest BCUT2D eigenvalue weighted by Gasteiger charge is -2.24. The van der Waals surface area contributed by atoms with Crippen molar-refractivity contribution < 1.29 is 72.5 Å². The molecular weight excluding hydrogens is 1370 g/mol. The highest BCUT2D eigenvalue weighted by Crippen LogP contribution is 2.58. The zero-order chi connectivity index (χ0) is 74.5. The molecule has 8 atom stereocenters. The van der Waals surface area contributed by atoms with Crippen molar-refractivity contribution in [2.45, 2.75) is 117 Å². The van der Waals surface area contributed by atoms with E-state index in [1.54, 1.807) is 62.6 Å². The number of nitrogens with two attached hydrogens (primary N) is 2. The molecule has 3 aromatic heterocycles. The van der Waals surface area contributed by atoms with Gasteiger partial charge >= 0.3 is 0 Å². The summed E-state index contributed by atoms with van der Waals surface area (Å²) in [5.74, 6) is -5.27. The highest BCUT2D eigenvalue weighted by Gasteiger charge is 2.66. The number of β-amino-alcohol motifs (C(OH)–C–C–N with tert-alkyl or cyclic N) is 1. The number of carbonyl (C=O) groups is 6. The fourth-order valence-corrected chi connectivity index (χ4v) is 15.1. The standard InChI is InChI=1S/C28H31FN4O4.C28H30FN3O5.C23H22ClN3O4/c1-2-20-12-18(21-5-3-4-6-24(21)31-20)16-37-25-8-7-17(11-23(25)29)13-28(14-22(28)26(34)32-36)27(35)33-10-9-19(30)15-33;1-2-19-12-18(21-5-3-4-6-24(21)30-19)16-37-25-8-7-17(11-23(25)29)13-28(14-22(28)26(34)31-36)27(35)32-10-9-20(33)15-32;1-13-8-15(16-4-2-3-5-19(16)26-13)12-31-20-7-6-14(9-18(20)24)10-23(22(25)29)11-17(23)21(28)27-30/h3-8,11-12,19,22,36H,2,9-10,13-16,30H2,1H3,(H,32,34);3-8,11-12,20,22,33,36H,2,9-10,13-16H2,1H3,(H,31,34);2-9,17,30H,10-12H2,1H3,(H2,25,29)(H,27,28)/t19-,22-,28+;20-,22+,28-;17-,23+/m101/s1. The predicted molar refractivity (Wildman–Crippen MR) is 384 cm³/mol. The molecule has 2 saturated heterocycles. The van der Waals surface area contributed by atoms with E-state index in [1.807, 2.05) is 112 Å². The van der Waals surface area contributed by atoms with E-state index in [1.165, 1.54) is 18.2 Å². The maximum Gasteiger partial charge on any atom is 0.247 e. The minimum Gasteiger partial charge on any atom is -0.487 e. The summed E-state index contributed by atoms with van der Waals surface area (Å²) in [4.78, 5) is 91.7. The fraction of sp³-hybridized carbons (Fsp3) is 0.354. The van der Waals surface area contributed by atoms with E-state index in [0.717, 1.165) is 84.9 Å². The molecule has 2 aliphatic heterocycles. The number of nitrogens with one attached hydrogen (secondary N) is 3. The largest absolute Gasteiger partial charge is 0.487 e. The van der Waals surface area contributed by atoms with Gasteiger partial charge in [0.2, 0.25) is 35.4 Å². The first-order valence-corrected chi connectivity index (χ1v) is 35.4. The van der Waals surface area contributed by atoms with Crippen LogP contribution >= 0.6 is 11.6 Å². The van der Waals surface area contributed by atoms with Gasteiger partial charge in [-0.05, 0) is 161 Å². The quantitative estimate of drug-likeness (QED) is 0.0212. The minimum atomic E-state index is -1.07. The van der Waals surface area contributed by atoms with Gasteiger partial charge in [-0.25, -0.2) is 25.2 Å². The van der Waals surface area contributed by atoms with Crippen LogP contribution in [0, 0.1) is 52.6 Å². The molecule has 0 unspecified atom stereocenters. The normalized spacial score (nSPS) is 21.9. The Morgan fingerprint density at radius 1 is 0.533 bits per heavy atom. The Morgan fingerprint density at radius 2 is 0.924 bits per heavy atom. The number of ether oxygens (including phenoxy) is 3. The lowest BCUT2D eigenvalue weighted by Crippen LogP contribution is -2.40. The maximum absolute atomic E-state index is 15.1. The summed E-state index contributed by atoms with van der Waals surface area (Å²) in [5, 5.41) is 40.3. The molecule has 5 aliphatic rings. The average Bonchev–Trinajstić information content (AvgIpc) is 1.58. The topological polar surface area (TPSA) is 344 Å². The highest BCUT2D eigenvalue weighted by molar-refractivity contribution is 6.32. The number of aryl methyl sites for hydroxylation is 3. The Balaban J connectivity index is 0.000000149. The summed E-state index contributed by atoms with van der Waals surface area (Å²) in [6.45, 7) is 8.24. The van der Waals surface area contributed by atoms with Gasteiger partial charge in [0.1, 0.15) is 25.6 Å². The van der Waals surface area contributed by atoms with E-state index in [-0.39, 0.29) is 74.8 Å². The van der Waals surface area contributed by atoms with Gasteiger partial charge in [-0.15, -0.1) is 0 Å². The molecule has 5 heterocycles. The number of primary amides is 1. The molecule has 0 radical (unpaired) electrons. The van der Waals surface area contributed by atoms with Crippen LogP contribution in [-0.4, -0.2) is 119 Å². The number of fused-ring (bicyclic) bond motifs is 3. The highest BCUT2D eigenvalue weighted by atomic mass is 35.5. The molecule has 0 spiro atoms. The number of pyridine rings is 3. The first kappa shape index (κ1) is 74.4. The Hall–Kier alpha value is -10.3. The second kappa shape index (κ2) is 31.6. The number of hydrogen-bond donors (Lipinski definition) is 9. The van der Waals surface area contributed by atoms with Crippen LogP contribution in [0.3, 0.4) is 0 Å². The van der Waals surface area contributed by atoms with E-state index in [4.69, 9.17) is 52.9 Å². The van der Waals surface area contributed by atoms with E-state index in [9.17, 15) is 33.9 Å². The third-order valence-electron chi connectivity index (χ3n) is 20.9. The molecular formula is C79H83ClF2N10O13. The number of aliphatic hydroxyl groups excluding tert-OH is 1. The molecule has 6 aromatic carbocycles. The molecule has 14 rings (SSSR count). The van der Waals surface area contributed by atoms with Crippen LogP contribution in [0.2, 0.25) is 5.02 Å². The summed E-state index contributed by atoms with van der Waals surface area (Å²) in [6, 6.07) is 43.7. The lowest BCUT2D eigenvalue weighted by molar-refractivity contribution is -0.140. The summed E-state index contributed by atoms with van der Waals surface area (Å²) < 4.78 is 47.9. The molecule has 0 bridgehead atoms. The summed E-state index contributed by atoms with van der Waals surface area (Å²) in [6.07, 6.45) is 3.55. The molecule has 6 amide bonds. The Bertz CT molecular complexity index is 4620. The number of nitrogens with zero attached hydrogens (tertiary/aromatic N) is 5. The third kappa shape index (κ3) is 16.2. The number of hydroxylamine groups is 3. The number of para-hydroxylation sites is 3. The zero-order valence-electron chi connectivity index (χ0n) is 58.3. The molecule has 26 heteroatoms. The zero-order valence-corrected chi connectivity index (χ0v) is 59.0. The van der Waals surface area contributed by atoms with Crippen molar-refractivity contribution in [3.8, 4) is 17.2 Å². The summed E-state index contributed by atoms with van der Waals surface area (Å²) in [5.41, 5.74) is 23.5. The smallest absolute Gasteiger partial charge is 0.247 e. The van der Waals surface area contributed by atoms with Gasteiger partial charge in [0.25, 0.3) is 0 Å². The van der Waals surface area contributed by atoms with Crippen molar-refractivity contribution in [1.82, 2.24) is 41.2 Å². The number of halogens is 3.